The number of hydrogen-bond acceptors (Lipinski definition) is 8. The fourth-order valence-corrected chi connectivity index (χ4v) is 5.20. The second kappa shape index (κ2) is 9.58. The second-order valence-corrected chi connectivity index (χ2v) is 11.2. The average molecular weight is 553 g/mol. The lowest BCUT2D eigenvalue weighted by atomic mass is 9.87. The molecule has 0 spiro atoms. The number of carbonyl (C=O) groups is 1. The number of likely N-dealkylation sites (tertiary alicyclic amines) is 1. The van der Waals surface area contributed by atoms with Crippen LogP contribution in [0.3, 0.4) is 0 Å². The van der Waals surface area contributed by atoms with Crippen LogP contribution in [0.5, 0.6) is 0 Å². The molecule has 1 saturated heterocycles. The Balaban J connectivity index is 1.22. The van der Waals surface area contributed by atoms with Crippen molar-refractivity contribution in [2.45, 2.75) is 51.9 Å². The number of aromatic nitrogens is 3. The summed E-state index contributed by atoms with van der Waals surface area (Å²) in [5, 5.41) is 7.81. The summed E-state index contributed by atoms with van der Waals surface area (Å²) in [5.74, 6) is -0.941. The lowest BCUT2D eigenvalue weighted by Gasteiger charge is -2.46. The molecule has 3 aromatic heterocycles. The minimum absolute atomic E-state index is 0.0261. The zero-order valence-corrected chi connectivity index (χ0v) is 22.2. The van der Waals surface area contributed by atoms with Gasteiger partial charge in [0.2, 0.25) is 11.5 Å². The van der Waals surface area contributed by atoms with E-state index in [4.69, 9.17) is 13.8 Å². The largest absolute Gasteiger partial charge is 0.461 e. The standard InChI is InChI=1S/C29H27F3N4O4/c1-28(2,3)36-13-18(14-36)27(37)38-15-16-7-9-19-17(12-16)8-10-20-23(19)34-39-25(20)26-22(29(30,31)32)24(35-40-26)21-6-4-5-11-33-21/h4-7,9,11-12,18H,8,10,13-15H2,1-3H3. The van der Waals surface area contributed by atoms with Crippen LogP contribution in [0.25, 0.3) is 34.2 Å². The molecule has 2 aliphatic rings. The van der Waals surface area contributed by atoms with E-state index in [2.05, 4.69) is 41.0 Å². The van der Waals surface area contributed by atoms with Gasteiger partial charge in [0, 0.05) is 36.0 Å². The minimum atomic E-state index is -4.76. The summed E-state index contributed by atoms with van der Waals surface area (Å²) in [5.41, 5.74) is 2.13. The van der Waals surface area contributed by atoms with E-state index in [-0.39, 0.29) is 35.5 Å². The number of fused-ring (bicyclic) bond motifs is 3. The molecule has 208 valence electrons. The summed E-state index contributed by atoms with van der Waals surface area (Å²) in [6.07, 6.45) is -2.43. The summed E-state index contributed by atoms with van der Waals surface area (Å²) in [4.78, 5) is 18.7. The summed E-state index contributed by atoms with van der Waals surface area (Å²) >= 11 is 0. The number of benzene rings is 1. The first-order valence-electron chi connectivity index (χ1n) is 13.0. The van der Waals surface area contributed by atoms with Crippen LogP contribution in [0.2, 0.25) is 0 Å². The number of halogens is 3. The van der Waals surface area contributed by atoms with Crippen LogP contribution in [0, 0.1) is 5.92 Å². The Bertz CT molecular complexity index is 1560. The van der Waals surface area contributed by atoms with E-state index >= 15 is 0 Å². The summed E-state index contributed by atoms with van der Waals surface area (Å²) in [6, 6.07) is 10.2. The van der Waals surface area contributed by atoms with Gasteiger partial charge in [-0.25, -0.2) is 0 Å². The molecule has 0 saturated carbocycles. The van der Waals surface area contributed by atoms with Crippen LogP contribution >= 0.6 is 0 Å². The highest BCUT2D eigenvalue weighted by Crippen LogP contribution is 2.46. The van der Waals surface area contributed by atoms with Crippen molar-refractivity contribution in [1.82, 2.24) is 20.2 Å². The van der Waals surface area contributed by atoms with Crippen LogP contribution in [-0.4, -0.2) is 44.8 Å². The van der Waals surface area contributed by atoms with Crippen molar-refractivity contribution < 1.29 is 31.7 Å². The molecule has 0 radical (unpaired) electrons. The van der Waals surface area contributed by atoms with Gasteiger partial charge < -0.3 is 13.8 Å². The third-order valence-corrected chi connectivity index (χ3v) is 7.49. The van der Waals surface area contributed by atoms with Crippen LogP contribution in [0.4, 0.5) is 13.2 Å². The normalized spacial score (nSPS) is 15.8. The van der Waals surface area contributed by atoms with Crippen molar-refractivity contribution in [3.8, 4) is 34.2 Å². The van der Waals surface area contributed by atoms with Crippen molar-refractivity contribution in [2.75, 3.05) is 13.1 Å². The second-order valence-electron chi connectivity index (χ2n) is 11.2. The van der Waals surface area contributed by atoms with Gasteiger partial charge in [0.05, 0.1) is 11.6 Å². The van der Waals surface area contributed by atoms with E-state index in [1.807, 2.05) is 18.2 Å². The Morgan fingerprint density at radius 2 is 1.77 bits per heavy atom. The minimum Gasteiger partial charge on any atom is -0.461 e. The number of carbonyl (C=O) groups excluding carboxylic acids is 1. The molecule has 1 fully saturated rings. The number of hydrogen-bond donors (Lipinski definition) is 0. The molecule has 6 rings (SSSR count). The maximum Gasteiger partial charge on any atom is 0.422 e. The zero-order valence-electron chi connectivity index (χ0n) is 22.2. The smallest absolute Gasteiger partial charge is 0.422 e. The average Bonchev–Trinajstić information content (AvgIpc) is 3.50. The molecule has 8 nitrogen and oxygen atoms in total. The molecule has 0 atom stereocenters. The summed E-state index contributed by atoms with van der Waals surface area (Å²) in [6.45, 7) is 7.88. The van der Waals surface area contributed by atoms with Gasteiger partial charge >= 0.3 is 12.1 Å². The molecule has 0 unspecified atom stereocenters. The van der Waals surface area contributed by atoms with E-state index in [0.29, 0.717) is 37.2 Å². The quantitative estimate of drug-likeness (QED) is 0.281. The number of nitrogens with zero attached hydrogens (tertiary/aromatic N) is 4. The fraction of sp³-hybridized carbons (Fsp3) is 0.379. The maximum absolute atomic E-state index is 14.2. The Morgan fingerprint density at radius 1 is 1.02 bits per heavy atom. The van der Waals surface area contributed by atoms with Crippen molar-refractivity contribution >= 4 is 5.97 Å². The van der Waals surface area contributed by atoms with E-state index in [1.165, 1.54) is 12.3 Å². The number of alkyl halides is 3. The lowest BCUT2D eigenvalue weighted by Crippen LogP contribution is -2.58. The van der Waals surface area contributed by atoms with Crippen molar-refractivity contribution in [3.63, 3.8) is 0 Å². The van der Waals surface area contributed by atoms with Crippen LogP contribution in [-0.2, 0) is 35.2 Å². The monoisotopic (exact) mass is 552 g/mol. The Hall–Kier alpha value is -3.99. The topological polar surface area (TPSA) is 94.5 Å². The Morgan fingerprint density at radius 3 is 2.48 bits per heavy atom. The predicted molar refractivity (Wildman–Crippen MR) is 138 cm³/mol. The summed E-state index contributed by atoms with van der Waals surface area (Å²) in [7, 11) is 0. The maximum atomic E-state index is 14.2. The molecule has 0 amide bonds. The molecule has 11 heteroatoms. The first-order chi connectivity index (χ1) is 19.0. The Kier molecular flexibility index (Phi) is 6.29. The molecule has 0 bridgehead atoms. The van der Waals surface area contributed by atoms with Gasteiger partial charge in [-0.05, 0) is 56.9 Å². The van der Waals surface area contributed by atoms with E-state index < -0.39 is 23.2 Å². The van der Waals surface area contributed by atoms with Crippen LogP contribution in [0.15, 0.2) is 51.6 Å². The number of ether oxygens (including phenoxy) is 1. The number of aryl methyl sites for hydroxylation is 1. The van der Waals surface area contributed by atoms with Crippen molar-refractivity contribution in [1.29, 1.82) is 0 Å². The number of pyridine rings is 1. The molecular formula is C29H27F3N4O4. The van der Waals surface area contributed by atoms with E-state index in [0.717, 1.165) is 16.7 Å². The Labute approximate surface area is 228 Å². The van der Waals surface area contributed by atoms with Gasteiger partial charge in [-0.2, -0.15) is 13.2 Å². The van der Waals surface area contributed by atoms with Crippen LogP contribution < -0.4 is 0 Å². The fourth-order valence-electron chi connectivity index (χ4n) is 5.20. The predicted octanol–water partition coefficient (Wildman–Crippen LogP) is 5.95. The SMILES string of the molecule is CC(C)(C)N1CC(C(=O)OCc2ccc3c(c2)CCc2c-3noc2-c2onc(-c3ccccn3)c2C(F)(F)F)C1. The summed E-state index contributed by atoms with van der Waals surface area (Å²) < 4.78 is 58.8. The van der Waals surface area contributed by atoms with Gasteiger partial charge in [-0.15, -0.1) is 0 Å². The molecule has 1 aliphatic carbocycles. The molecule has 1 aliphatic heterocycles. The van der Waals surface area contributed by atoms with Crippen molar-refractivity contribution in [3.05, 3.63) is 64.8 Å². The van der Waals surface area contributed by atoms with Gasteiger partial charge in [-0.1, -0.05) is 34.6 Å². The third-order valence-electron chi connectivity index (χ3n) is 7.49. The molecule has 4 heterocycles. The molecular weight excluding hydrogens is 525 g/mol. The number of esters is 1. The highest BCUT2D eigenvalue weighted by molar-refractivity contribution is 5.78. The molecule has 4 aromatic rings. The first-order valence-corrected chi connectivity index (χ1v) is 13.0. The van der Waals surface area contributed by atoms with E-state index in [1.54, 1.807) is 12.1 Å². The number of rotatable bonds is 5. The van der Waals surface area contributed by atoms with Gasteiger partial charge in [0.25, 0.3) is 0 Å². The molecule has 40 heavy (non-hydrogen) atoms. The van der Waals surface area contributed by atoms with Gasteiger partial charge in [-0.3, -0.25) is 14.7 Å². The molecule has 1 aromatic carbocycles. The third kappa shape index (κ3) is 4.68. The van der Waals surface area contributed by atoms with Gasteiger partial charge in [0.15, 0.2) is 0 Å². The zero-order chi connectivity index (χ0) is 28.2. The first kappa shape index (κ1) is 26.2. The lowest BCUT2D eigenvalue weighted by molar-refractivity contribution is -0.158. The van der Waals surface area contributed by atoms with Crippen LogP contribution in [0.1, 0.15) is 43.0 Å². The highest BCUT2D eigenvalue weighted by atomic mass is 19.4. The highest BCUT2D eigenvalue weighted by Gasteiger charge is 2.44. The molecule has 0 N–H and O–H groups in total. The van der Waals surface area contributed by atoms with E-state index in [9.17, 15) is 18.0 Å². The van der Waals surface area contributed by atoms with Gasteiger partial charge in [0.1, 0.15) is 23.6 Å². The van der Waals surface area contributed by atoms with Crippen molar-refractivity contribution in [2.24, 2.45) is 5.92 Å².